The van der Waals surface area contributed by atoms with Gasteiger partial charge in [-0.15, -0.1) is 0 Å². The minimum atomic E-state index is 0.138. The van der Waals surface area contributed by atoms with Gasteiger partial charge in [-0.25, -0.2) is 0 Å². The molecule has 0 aliphatic rings. The Morgan fingerprint density at radius 2 is 2.00 bits per heavy atom. The Morgan fingerprint density at radius 3 is 2.65 bits per heavy atom. The normalized spacial score (nSPS) is 13.0. The molecule has 3 heteroatoms. The Morgan fingerprint density at radius 1 is 1.29 bits per heavy atom. The summed E-state index contributed by atoms with van der Waals surface area (Å²) in [5, 5.41) is 1.88. The van der Waals surface area contributed by atoms with Gasteiger partial charge in [0.15, 0.2) is 0 Å². The Bertz CT molecular complexity index is 562. The standard InChI is InChI=1S/C14H17ClN2/c1-8-4-12(15)7-13-11(5-9(2)16)6-10(3)17-14(8)13/h4,6-7,9H,5,16H2,1-3H3. The van der Waals surface area contributed by atoms with Crippen LogP contribution in [0.15, 0.2) is 18.2 Å². The Hall–Kier alpha value is -1.12. The molecule has 1 atom stereocenters. The number of rotatable bonds is 2. The molecule has 1 heterocycles. The van der Waals surface area contributed by atoms with Crippen LogP contribution in [0.25, 0.3) is 10.9 Å². The first-order chi connectivity index (χ1) is 7.97. The Balaban J connectivity index is 2.73. The van der Waals surface area contributed by atoms with E-state index in [1.54, 1.807) is 0 Å². The maximum atomic E-state index is 6.11. The van der Waals surface area contributed by atoms with Gasteiger partial charge in [0.25, 0.3) is 0 Å². The lowest BCUT2D eigenvalue weighted by molar-refractivity contribution is 0.740. The second-order valence-corrected chi connectivity index (χ2v) is 5.16. The van der Waals surface area contributed by atoms with Crippen molar-refractivity contribution in [2.24, 2.45) is 5.73 Å². The van der Waals surface area contributed by atoms with Crippen molar-refractivity contribution < 1.29 is 0 Å². The minimum absolute atomic E-state index is 0.138. The molecule has 0 fully saturated rings. The van der Waals surface area contributed by atoms with Crippen LogP contribution in [0.4, 0.5) is 0 Å². The molecular weight excluding hydrogens is 232 g/mol. The largest absolute Gasteiger partial charge is 0.328 e. The fourth-order valence-electron chi connectivity index (χ4n) is 2.18. The van der Waals surface area contributed by atoms with Crippen molar-refractivity contribution in [3.63, 3.8) is 0 Å². The number of hydrogen-bond donors (Lipinski definition) is 1. The van der Waals surface area contributed by atoms with Crippen LogP contribution in [0.2, 0.25) is 5.02 Å². The van der Waals surface area contributed by atoms with E-state index in [4.69, 9.17) is 17.3 Å². The molecule has 1 aromatic carbocycles. The van der Waals surface area contributed by atoms with E-state index in [1.165, 1.54) is 5.56 Å². The third-order valence-corrected chi connectivity index (χ3v) is 3.04. The van der Waals surface area contributed by atoms with Crippen molar-refractivity contribution in [3.8, 4) is 0 Å². The molecule has 0 bridgehead atoms. The molecule has 1 aromatic heterocycles. The number of nitrogens with two attached hydrogens (primary N) is 1. The van der Waals surface area contributed by atoms with E-state index in [-0.39, 0.29) is 6.04 Å². The van der Waals surface area contributed by atoms with Crippen molar-refractivity contribution in [1.29, 1.82) is 0 Å². The van der Waals surface area contributed by atoms with Crippen molar-refractivity contribution in [1.82, 2.24) is 4.98 Å². The zero-order valence-electron chi connectivity index (χ0n) is 10.4. The molecule has 0 amide bonds. The number of hydrogen-bond acceptors (Lipinski definition) is 2. The molecule has 2 N–H and O–H groups in total. The summed E-state index contributed by atoms with van der Waals surface area (Å²) >= 11 is 6.11. The summed E-state index contributed by atoms with van der Waals surface area (Å²) in [4.78, 5) is 4.58. The molecule has 90 valence electrons. The number of nitrogens with zero attached hydrogens (tertiary/aromatic N) is 1. The van der Waals surface area contributed by atoms with E-state index in [0.717, 1.165) is 33.6 Å². The van der Waals surface area contributed by atoms with Gasteiger partial charge in [-0.05, 0) is 56.5 Å². The molecule has 2 nitrogen and oxygen atoms in total. The summed E-state index contributed by atoms with van der Waals surface area (Å²) in [7, 11) is 0. The van der Waals surface area contributed by atoms with E-state index in [1.807, 2.05) is 32.9 Å². The maximum Gasteiger partial charge on any atom is 0.0738 e. The third-order valence-electron chi connectivity index (χ3n) is 2.82. The topological polar surface area (TPSA) is 38.9 Å². The van der Waals surface area contributed by atoms with Crippen LogP contribution < -0.4 is 5.73 Å². The van der Waals surface area contributed by atoms with Crippen LogP contribution in [0.1, 0.15) is 23.7 Å². The van der Waals surface area contributed by atoms with Gasteiger partial charge >= 0.3 is 0 Å². The quantitative estimate of drug-likeness (QED) is 0.885. The SMILES string of the molecule is Cc1cc(CC(C)N)c2cc(Cl)cc(C)c2n1. The fourth-order valence-corrected chi connectivity index (χ4v) is 2.46. The number of benzene rings is 1. The summed E-state index contributed by atoms with van der Waals surface area (Å²) in [6.07, 6.45) is 0.847. The second-order valence-electron chi connectivity index (χ2n) is 4.72. The van der Waals surface area contributed by atoms with E-state index in [2.05, 4.69) is 11.1 Å². The molecule has 0 radical (unpaired) electrons. The molecular formula is C14H17ClN2. The smallest absolute Gasteiger partial charge is 0.0738 e. The highest BCUT2D eigenvalue weighted by atomic mass is 35.5. The molecule has 2 aromatic rings. The summed E-state index contributed by atoms with van der Waals surface area (Å²) in [6.45, 7) is 6.06. The monoisotopic (exact) mass is 248 g/mol. The van der Waals surface area contributed by atoms with Crippen LogP contribution in [-0.4, -0.2) is 11.0 Å². The van der Waals surface area contributed by atoms with E-state index in [9.17, 15) is 0 Å². The minimum Gasteiger partial charge on any atom is -0.328 e. The van der Waals surface area contributed by atoms with Crippen LogP contribution in [0.5, 0.6) is 0 Å². The third kappa shape index (κ3) is 2.59. The molecule has 2 rings (SSSR count). The zero-order chi connectivity index (χ0) is 12.6. The van der Waals surface area contributed by atoms with Crippen LogP contribution in [0, 0.1) is 13.8 Å². The van der Waals surface area contributed by atoms with Gasteiger partial charge in [0.2, 0.25) is 0 Å². The lowest BCUT2D eigenvalue weighted by atomic mass is 10.00. The Kier molecular flexibility index (Phi) is 3.36. The van der Waals surface area contributed by atoms with Crippen molar-refractivity contribution >= 4 is 22.5 Å². The lowest BCUT2D eigenvalue weighted by Gasteiger charge is -2.12. The van der Waals surface area contributed by atoms with E-state index >= 15 is 0 Å². The molecule has 0 saturated carbocycles. The predicted molar refractivity (Wildman–Crippen MR) is 73.6 cm³/mol. The van der Waals surface area contributed by atoms with Gasteiger partial charge in [0.05, 0.1) is 5.52 Å². The number of aryl methyl sites for hydroxylation is 2. The van der Waals surface area contributed by atoms with Gasteiger partial charge < -0.3 is 5.73 Å². The summed E-state index contributed by atoms with van der Waals surface area (Å²) < 4.78 is 0. The summed E-state index contributed by atoms with van der Waals surface area (Å²) in [6, 6.07) is 6.17. The van der Waals surface area contributed by atoms with Gasteiger partial charge in [-0.2, -0.15) is 0 Å². The van der Waals surface area contributed by atoms with Crippen molar-refractivity contribution in [2.75, 3.05) is 0 Å². The predicted octanol–water partition coefficient (Wildman–Crippen LogP) is 3.39. The number of fused-ring (bicyclic) bond motifs is 1. The van der Waals surface area contributed by atoms with Gasteiger partial charge in [0.1, 0.15) is 0 Å². The van der Waals surface area contributed by atoms with E-state index < -0.39 is 0 Å². The van der Waals surface area contributed by atoms with Crippen LogP contribution in [-0.2, 0) is 6.42 Å². The fraction of sp³-hybridized carbons (Fsp3) is 0.357. The highest BCUT2D eigenvalue weighted by Gasteiger charge is 2.09. The van der Waals surface area contributed by atoms with Crippen molar-refractivity contribution in [3.05, 3.63) is 40.0 Å². The molecule has 0 aliphatic carbocycles. The van der Waals surface area contributed by atoms with Crippen LogP contribution >= 0.6 is 11.6 Å². The van der Waals surface area contributed by atoms with Gasteiger partial charge in [-0.1, -0.05) is 11.6 Å². The number of halogens is 1. The number of pyridine rings is 1. The highest BCUT2D eigenvalue weighted by Crippen LogP contribution is 2.26. The first-order valence-corrected chi connectivity index (χ1v) is 6.17. The first-order valence-electron chi connectivity index (χ1n) is 5.79. The summed E-state index contributed by atoms with van der Waals surface area (Å²) in [5.74, 6) is 0. The number of aromatic nitrogens is 1. The summed E-state index contributed by atoms with van der Waals surface area (Å²) in [5.41, 5.74) is 10.3. The van der Waals surface area contributed by atoms with Crippen LogP contribution in [0.3, 0.4) is 0 Å². The van der Waals surface area contributed by atoms with Gasteiger partial charge in [-0.3, -0.25) is 4.98 Å². The molecule has 0 saturated heterocycles. The average molecular weight is 249 g/mol. The molecule has 0 spiro atoms. The lowest BCUT2D eigenvalue weighted by Crippen LogP contribution is -2.18. The molecule has 17 heavy (non-hydrogen) atoms. The molecule has 1 unspecified atom stereocenters. The molecule has 0 aliphatic heterocycles. The van der Waals surface area contributed by atoms with Crippen molar-refractivity contribution in [2.45, 2.75) is 33.2 Å². The second kappa shape index (κ2) is 4.63. The average Bonchev–Trinajstić information content (AvgIpc) is 2.19. The van der Waals surface area contributed by atoms with Gasteiger partial charge in [0, 0.05) is 22.1 Å². The highest BCUT2D eigenvalue weighted by molar-refractivity contribution is 6.31. The first kappa shape index (κ1) is 12.3. The van der Waals surface area contributed by atoms with E-state index in [0.29, 0.717) is 0 Å². The Labute approximate surface area is 107 Å². The maximum absolute atomic E-state index is 6.11. The zero-order valence-corrected chi connectivity index (χ0v) is 11.2.